The highest BCUT2D eigenvalue weighted by molar-refractivity contribution is 8.00. The predicted molar refractivity (Wildman–Crippen MR) is 73.7 cm³/mol. The summed E-state index contributed by atoms with van der Waals surface area (Å²) < 4.78 is 39.6. The molecule has 0 aromatic heterocycles. The molecule has 0 radical (unpaired) electrons. The zero-order chi connectivity index (χ0) is 14.6. The molecule has 6 heteroatoms. The Morgan fingerprint density at radius 2 is 1.80 bits per heavy atom. The van der Waals surface area contributed by atoms with Gasteiger partial charge in [0.1, 0.15) is 0 Å². The molecule has 0 atom stereocenters. The molecule has 0 amide bonds. The summed E-state index contributed by atoms with van der Waals surface area (Å²) in [6, 6.07) is 7.14. The van der Waals surface area contributed by atoms with Gasteiger partial charge in [-0.1, -0.05) is 12.1 Å². The fraction of sp³-hybridized carbons (Fsp3) is 0.571. The van der Waals surface area contributed by atoms with Crippen LogP contribution in [0.5, 0.6) is 0 Å². The Hall–Kier alpha value is -0.720. The second-order valence-electron chi connectivity index (χ2n) is 5.00. The molecular formula is C14H18F3NOS. The average Bonchev–Trinajstić information content (AvgIpc) is 2.40. The molecule has 0 N–H and O–H groups in total. The number of piperidine rings is 1. The molecule has 1 heterocycles. The van der Waals surface area contributed by atoms with Crippen molar-refractivity contribution in [1.82, 2.24) is 4.90 Å². The van der Waals surface area contributed by atoms with Crippen LogP contribution in [0.3, 0.4) is 0 Å². The topological polar surface area (TPSA) is 12.5 Å². The van der Waals surface area contributed by atoms with Crippen molar-refractivity contribution in [1.29, 1.82) is 0 Å². The highest BCUT2D eigenvalue weighted by Crippen LogP contribution is 2.30. The van der Waals surface area contributed by atoms with Crippen LogP contribution in [-0.4, -0.2) is 36.6 Å². The summed E-state index contributed by atoms with van der Waals surface area (Å²) in [7, 11) is 2.12. The summed E-state index contributed by atoms with van der Waals surface area (Å²) in [4.78, 5) is 3.42. The highest BCUT2D eigenvalue weighted by Gasteiger charge is 2.28. The minimum atomic E-state index is -4.57. The number of hydrogen-bond acceptors (Lipinski definition) is 3. The van der Waals surface area contributed by atoms with E-state index in [1.807, 2.05) is 23.9 Å². The standard InChI is InChI=1S/C14H18F3NOS/c1-18-8-6-13(7-9-18)20-12-4-2-11(3-5-12)10-19-14(15,16)17/h2-5,13H,6-10H2,1H3. The van der Waals surface area contributed by atoms with Gasteiger partial charge in [-0.15, -0.1) is 24.9 Å². The molecule has 1 aromatic carbocycles. The lowest BCUT2D eigenvalue weighted by molar-refractivity contribution is -0.330. The third kappa shape index (κ3) is 5.34. The fourth-order valence-electron chi connectivity index (χ4n) is 2.12. The average molecular weight is 305 g/mol. The monoisotopic (exact) mass is 305 g/mol. The Kier molecular flexibility index (Phi) is 5.35. The van der Waals surface area contributed by atoms with Crippen LogP contribution in [0.4, 0.5) is 13.2 Å². The van der Waals surface area contributed by atoms with Gasteiger partial charge in [0.25, 0.3) is 0 Å². The lowest BCUT2D eigenvalue weighted by Gasteiger charge is -2.28. The molecule has 1 aliphatic heterocycles. The van der Waals surface area contributed by atoms with Crippen LogP contribution in [0.2, 0.25) is 0 Å². The van der Waals surface area contributed by atoms with Gasteiger partial charge in [0.15, 0.2) is 0 Å². The number of rotatable bonds is 4. The maximum absolute atomic E-state index is 11.9. The van der Waals surface area contributed by atoms with E-state index in [1.165, 1.54) is 0 Å². The van der Waals surface area contributed by atoms with E-state index in [9.17, 15) is 13.2 Å². The molecule has 1 fully saturated rings. The van der Waals surface area contributed by atoms with E-state index in [0.717, 1.165) is 30.8 Å². The summed E-state index contributed by atoms with van der Waals surface area (Å²) in [5.74, 6) is 0. The van der Waals surface area contributed by atoms with Gasteiger partial charge in [-0.3, -0.25) is 4.74 Å². The molecule has 1 aromatic rings. The number of halogens is 3. The van der Waals surface area contributed by atoms with Crippen LogP contribution < -0.4 is 0 Å². The number of likely N-dealkylation sites (tertiary alicyclic amines) is 1. The van der Waals surface area contributed by atoms with Gasteiger partial charge in [0.2, 0.25) is 0 Å². The molecule has 0 unspecified atom stereocenters. The first-order chi connectivity index (χ1) is 9.42. The van der Waals surface area contributed by atoms with Gasteiger partial charge >= 0.3 is 6.36 Å². The van der Waals surface area contributed by atoms with Crippen molar-refractivity contribution in [2.24, 2.45) is 0 Å². The van der Waals surface area contributed by atoms with Crippen molar-refractivity contribution in [3.05, 3.63) is 29.8 Å². The first-order valence-corrected chi connectivity index (χ1v) is 7.45. The number of ether oxygens (including phenoxy) is 1. The molecule has 2 rings (SSSR count). The van der Waals surface area contributed by atoms with Crippen LogP contribution in [0.15, 0.2) is 29.2 Å². The number of thioether (sulfide) groups is 1. The van der Waals surface area contributed by atoms with Gasteiger partial charge in [-0.05, 0) is 50.7 Å². The molecule has 1 aliphatic rings. The lowest BCUT2D eigenvalue weighted by Crippen LogP contribution is -2.31. The maximum atomic E-state index is 11.9. The van der Waals surface area contributed by atoms with Crippen molar-refractivity contribution >= 4 is 11.8 Å². The Bertz CT molecular complexity index is 413. The quantitative estimate of drug-likeness (QED) is 0.837. The van der Waals surface area contributed by atoms with Crippen LogP contribution >= 0.6 is 11.8 Å². The van der Waals surface area contributed by atoms with E-state index in [0.29, 0.717) is 10.8 Å². The molecule has 0 spiro atoms. The first-order valence-electron chi connectivity index (χ1n) is 6.57. The van der Waals surface area contributed by atoms with Gasteiger partial charge < -0.3 is 4.90 Å². The van der Waals surface area contributed by atoms with E-state index < -0.39 is 13.0 Å². The molecule has 112 valence electrons. The maximum Gasteiger partial charge on any atom is 0.522 e. The van der Waals surface area contributed by atoms with E-state index in [-0.39, 0.29) is 0 Å². The van der Waals surface area contributed by atoms with E-state index >= 15 is 0 Å². The number of hydrogen-bond donors (Lipinski definition) is 0. The van der Waals surface area contributed by atoms with E-state index in [4.69, 9.17) is 0 Å². The summed E-state index contributed by atoms with van der Waals surface area (Å²) in [5.41, 5.74) is 0.537. The largest absolute Gasteiger partial charge is 0.522 e. The third-order valence-electron chi connectivity index (χ3n) is 3.29. The molecule has 0 saturated carbocycles. The minimum Gasteiger partial charge on any atom is -0.306 e. The first kappa shape index (κ1) is 15.7. The Labute approximate surface area is 121 Å². The smallest absolute Gasteiger partial charge is 0.306 e. The van der Waals surface area contributed by atoms with Crippen LogP contribution in [0.25, 0.3) is 0 Å². The summed E-state index contributed by atoms with van der Waals surface area (Å²) in [5, 5.41) is 0.600. The third-order valence-corrected chi connectivity index (χ3v) is 4.64. The normalized spacial score (nSPS) is 18.4. The highest BCUT2D eigenvalue weighted by atomic mass is 32.2. The van der Waals surface area contributed by atoms with Crippen molar-refractivity contribution in [2.75, 3.05) is 20.1 Å². The van der Waals surface area contributed by atoms with Crippen molar-refractivity contribution in [2.45, 2.75) is 36.0 Å². The van der Waals surface area contributed by atoms with Crippen LogP contribution in [0.1, 0.15) is 18.4 Å². The SMILES string of the molecule is CN1CCC(Sc2ccc(COC(F)(F)F)cc2)CC1. The molecule has 0 bridgehead atoms. The lowest BCUT2D eigenvalue weighted by atomic mass is 10.1. The molecule has 0 aliphatic carbocycles. The molecule has 2 nitrogen and oxygen atoms in total. The van der Waals surface area contributed by atoms with E-state index in [1.54, 1.807) is 12.1 Å². The van der Waals surface area contributed by atoms with Crippen LogP contribution in [0, 0.1) is 0 Å². The van der Waals surface area contributed by atoms with E-state index in [2.05, 4.69) is 16.7 Å². The predicted octanol–water partition coefficient (Wildman–Crippen LogP) is 3.91. The number of benzene rings is 1. The number of nitrogens with zero attached hydrogens (tertiary/aromatic N) is 1. The summed E-state index contributed by atoms with van der Waals surface area (Å²) in [6.07, 6.45) is -2.26. The van der Waals surface area contributed by atoms with Crippen molar-refractivity contribution in [3.8, 4) is 0 Å². The fourth-order valence-corrected chi connectivity index (χ4v) is 3.25. The molecule has 20 heavy (non-hydrogen) atoms. The van der Waals surface area contributed by atoms with Gasteiger partial charge in [-0.2, -0.15) is 0 Å². The Morgan fingerprint density at radius 3 is 2.35 bits per heavy atom. The van der Waals surface area contributed by atoms with Gasteiger partial charge in [0.05, 0.1) is 6.61 Å². The Balaban J connectivity index is 1.82. The second kappa shape index (κ2) is 6.83. The van der Waals surface area contributed by atoms with Crippen molar-refractivity contribution in [3.63, 3.8) is 0 Å². The molecule has 1 saturated heterocycles. The van der Waals surface area contributed by atoms with Gasteiger partial charge in [0, 0.05) is 10.1 Å². The number of alkyl halides is 3. The zero-order valence-corrected chi connectivity index (χ0v) is 12.1. The van der Waals surface area contributed by atoms with Gasteiger partial charge in [-0.25, -0.2) is 0 Å². The summed E-state index contributed by atoms with van der Waals surface area (Å²) in [6.45, 7) is 1.78. The zero-order valence-electron chi connectivity index (χ0n) is 11.3. The Morgan fingerprint density at radius 1 is 1.20 bits per heavy atom. The summed E-state index contributed by atoms with van der Waals surface area (Å²) >= 11 is 1.81. The van der Waals surface area contributed by atoms with Crippen LogP contribution in [-0.2, 0) is 11.3 Å². The molecular weight excluding hydrogens is 287 g/mol. The van der Waals surface area contributed by atoms with Crippen molar-refractivity contribution < 1.29 is 17.9 Å². The minimum absolute atomic E-state index is 0.428. The second-order valence-corrected chi connectivity index (χ2v) is 6.37.